The highest BCUT2D eigenvalue weighted by Crippen LogP contribution is 2.23. The molecule has 0 amide bonds. The van der Waals surface area contributed by atoms with E-state index in [1.165, 1.54) is 19.4 Å². The molecule has 1 fully saturated rings. The molecular formula is C17H28FN3. The van der Waals surface area contributed by atoms with E-state index in [9.17, 15) is 4.39 Å². The number of benzene rings is 1. The summed E-state index contributed by atoms with van der Waals surface area (Å²) in [6.07, 6.45) is 3.63. The van der Waals surface area contributed by atoms with Crippen molar-refractivity contribution in [1.29, 1.82) is 0 Å². The van der Waals surface area contributed by atoms with Crippen molar-refractivity contribution in [2.24, 2.45) is 0 Å². The Kier molecular flexibility index (Phi) is 6.00. The van der Waals surface area contributed by atoms with Gasteiger partial charge < -0.3 is 15.1 Å². The number of likely N-dealkylation sites (N-methyl/N-ethyl adjacent to an activating group) is 2. The molecule has 2 rings (SSSR count). The van der Waals surface area contributed by atoms with Gasteiger partial charge in [-0.05, 0) is 63.2 Å². The van der Waals surface area contributed by atoms with Crippen molar-refractivity contribution >= 4 is 5.69 Å². The van der Waals surface area contributed by atoms with Crippen LogP contribution in [0, 0.1) is 5.82 Å². The molecule has 3 nitrogen and oxygen atoms in total. The van der Waals surface area contributed by atoms with Crippen LogP contribution in [0.3, 0.4) is 0 Å². The number of hydrogen-bond acceptors (Lipinski definition) is 3. The number of nitrogens with one attached hydrogen (secondary N) is 1. The van der Waals surface area contributed by atoms with Crippen molar-refractivity contribution in [2.45, 2.75) is 38.8 Å². The lowest BCUT2D eigenvalue weighted by Gasteiger charge is -2.29. The Morgan fingerprint density at radius 3 is 2.90 bits per heavy atom. The smallest absolute Gasteiger partial charge is 0.123 e. The Bertz CT molecular complexity index is 450. The zero-order valence-corrected chi connectivity index (χ0v) is 13.5. The molecule has 4 heteroatoms. The van der Waals surface area contributed by atoms with Gasteiger partial charge in [0.15, 0.2) is 0 Å². The number of hydrogen-bond donors (Lipinski definition) is 1. The van der Waals surface area contributed by atoms with Gasteiger partial charge in [0.25, 0.3) is 0 Å². The number of likely N-dealkylation sites (tertiary alicyclic amines) is 1. The Morgan fingerprint density at radius 2 is 2.24 bits per heavy atom. The molecule has 1 N–H and O–H groups in total. The van der Waals surface area contributed by atoms with Crippen molar-refractivity contribution < 1.29 is 4.39 Å². The van der Waals surface area contributed by atoms with E-state index in [1.807, 2.05) is 6.07 Å². The van der Waals surface area contributed by atoms with Crippen LogP contribution in [0.25, 0.3) is 0 Å². The first-order valence-electron chi connectivity index (χ1n) is 8.02. The Hall–Kier alpha value is -1.13. The first kappa shape index (κ1) is 16.2. The summed E-state index contributed by atoms with van der Waals surface area (Å²) in [6, 6.07) is 5.74. The van der Waals surface area contributed by atoms with Gasteiger partial charge in [0.1, 0.15) is 5.82 Å². The van der Waals surface area contributed by atoms with Gasteiger partial charge in [0.2, 0.25) is 0 Å². The lowest BCUT2D eigenvalue weighted by molar-refractivity contribution is 0.314. The predicted octanol–water partition coefficient (Wildman–Crippen LogP) is 2.86. The van der Waals surface area contributed by atoms with Gasteiger partial charge in [0.05, 0.1) is 0 Å². The molecule has 1 aromatic carbocycles. The summed E-state index contributed by atoms with van der Waals surface area (Å²) in [5.74, 6) is -0.154. The second-order valence-electron chi connectivity index (χ2n) is 6.11. The van der Waals surface area contributed by atoms with E-state index in [2.05, 4.69) is 36.1 Å². The summed E-state index contributed by atoms with van der Waals surface area (Å²) in [5, 5.41) is 3.37. The highest BCUT2D eigenvalue weighted by atomic mass is 19.1. The van der Waals surface area contributed by atoms with Crippen LogP contribution in [0.2, 0.25) is 0 Å². The number of rotatable bonds is 7. The zero-order chi connectivity index (χ0) is 15.2. The first-order chi connectivity index (χ1) is 10.1. The van der Waals surface area contributed by atoms with Gasteiger partial charge in [-0.3, -0.25) is 0 Å². The number of nitrogens with zero attached hydrogens (tertiary/aromatic N) is 2. The molecule has 1 saturated heterocycles. The zero-order valence-electron chi connectivity index (χ0n) is 13.5. The molecule has 1 heterocycles. The third-order valence-corrected chi connectivity index (χ3v) is 4.35. The summed E-state index contributed by atoms with van der Waals surface area (Å²) in [7, 11) is 4.31. The summed E-state index contributed by atoms with van der Waals surface area (Å²) >= 11 is 0. The quantitative estimate of drug-likeness (QED) is 0.780. The highest BCUT2D eigenvalue weighted by molar-refractivity contribution is 5.53. The minimum atomic E-state index is -0.154. The topological polar surface area (TPSA) is 18.5 Å². The van der Waals surface area contributed by atoms with Crippen LogP contribution in [0.5, 0.6) is 0 Å². The number of halogens is 1. The molecule has 118 valence electrons. The summed E-state index contributed by atoms with van der Waals surface area (Å²) < 4.78 is 13.5. The standard InChI is InChI=1S/C17H28FN3/c1-4-9-19-12-14-11-15(18)7-8-17(14)21(3)13-16-6-5-10-20(16)2/h7-8,11,16,19H,4-6,9-10,12-13H2,1-3H3. The van der Waals surface area contributed by atoms with Gasteiger partial charge in [-0.2, -0.15) is 0 Å². The van der Waals surface area contributed by atoms with Crippen molar-refractivity contribution in [3.8, 4) is 0 Å². The van der Waals surface area contributed by atoms with Gasteiger partial charge in [-0.1, -0.05) is 6.92 Å². The van der Waals surface area contributed by atoms with Crippen LogP contribution in [0.1, 0.15) is 31.7 Å². The molecule has 0 spiro atoms. The van der Waals surface area contributed by atoms with Crippen LogP contribution in [-0.2, 0) is 6.54 Å². The maximum absolute atomic E-state index is 13.5. The molecule has 1 aliphatic heterocycles. The molecule has 0 radical (unpaired) electrons. The van der Waals surface area contributed by atoms with Crippen LogP contribution in [0.4, 0.5) is 10.1 Å². The molecule has 0 aliphatic carbocycles. The van der Waals surface area contributed by atoms with E-state index in [1.54, 1.807) is 12.1 Å². The first-order valence-corrected chi connectivity index (χ1v) is 8.02. The molecular weight excluding hydrogens is 265 g/mol. The minimum Gasteiger partial charge on any atom is -0.373 e. The van der Waals surface area contributed by atoms with E-state index >= 15 is 0 Å². The summed E-state index contributed by atoms with van der Waals surface area (Å²) in [5.41, 5.74) is 2.19. The van der Waals surface area contributed by atoms with E-state index in [4.69, 9.17) is 0 Å². The average molecular weight is 293 g/mol. The molecule has 1 aromatic rings. The van der Waals surface area contributed by atoms with Crippen molar-refractivity contribution in [2.75, 3.05) is 38.6 Å². The maximum Gasteiger partial charge on any atom is 0.123 e. The molecule has 0 saturated carbocycles. The van der Waals surface area contributed by atoms with Crippen LogP contribution in [0.15, 0.2) is 18.2 Å². The normalized spacial score (nSPS) is 19.1. The Morgan fingerprint density at radius 1 is 1.43 bits per heavy atom. The average Bonchev–Trinajstić information content (AvgIpc) is 2.84. The third-order valence-electron chi connectivity index (χ3n) is 4.35. The van der Waals surface area contributed by atoms with E-state index in [0.29, 0.717) is 6.04 Å². The Balaban J connectivity index is 2.05. The van der Waals surface area contributed by atoms with Gasteiger partial charge in [-0.15, -0.1) is 0 Å². The van der Waals surface area contributed by atoms with Crippen LogP contribution in [-0.4, -0.2) is 44.7 Å². The Labute approximate surface area is 128 Å². The monoisotopic (exact) mass is 293 g/mol. The fourth-order valence-corrected chi connectivity index (χ4v) is 3.09. The molecule has 0 bridgehead atoms. The van der Waals surface area contributed by atoms with Gasteiger partial charge in [-0.25, -0.2) is 4.39 Å². The van der Waals surface area contributed by atoms with Crippen LogP contribution >= 0.6 is 0 Å². The van der Waals surface area contributed by atoms with E-state index < -0.39 is 0 Å². The van der Waals surface area contributed by atoms with E-state index in [-0.39, 0.29) is 5.82 Å². The van der Waals surface area contributed by atoms with Crippen molar-refractivity contribution in [3.05, 3.63) is 29.6 Å². The molecule has 1 aliphatic rings. The molecule has 1 atom stereocenters. The second-order valence-corrected chi connectivity index (χ2v) is 6.11. The fraction of sp³-hybridized carbons (Fsp3) is 0.647. The SMILES string of the molecule is CCCNCc1cc(F)ccc1N(C)CC1CCCN1C. The summed E-state index contributed by atoms with van der Waals surface area (Å²) in [4.78, 5) is 4.70. The minimum absolute atomic E-state index is 0.154. The fourth-order valence-electron chi connectivity index (χ4n) is 3.09. The van der Waals surface area contributed by atoms with Gasteiger partial charge >= 0.3 is 0 Å². The maximum atomic E-state index is 13.5. The molecule has 0 aromatic heterocycles. The highest BCUT2D eigenvalue weighted by Gasteiger charge is 2.22. The predicted molar refractivity (Wildman–Crippen MR) is 87.3 cm³/mol. The summed E-state index contributed by atoms with van der Waals surface area (Å²) in [6.45, 7) is 6.02. The van der Waals surface area contributed by atoms with Gasteiger partial charge in [0, 0.05) is 31.9 Å². The largest absolute Gasteiger partial charge is 0.373 e. The third kappa shape index (κ3) is 4.42. The molecule has 1 unspecified atom stereocenters. The van der Waals surface area contributed by atoms with Crippen molar-refractivity contribution in [1.82, 2.24) is 10.2 Å². The van der Waals surface area contributed by atoms with Crippen molar-refractivity contribution in [3.63, 3.8) is 0 Å². The van der Waals surface area contributed by atoms with Crippen LogP contribution < -0.4 is 10.2 Å². The number of anilines is 1. The second kappa shape index (κ2) is 7.76. The lowest BCUT2D eigenvalue weighted by Crippen LogP contribution is -2.37. The van der Waals surface area contributed by atoms with E-state index in [0.717, 1.165) is 37.3 Å². The molecule has 21 heavy (non-hydrogen) atoms. The lowest BCUT2D eigenvalue weighted by atomic mass is 10.1.